The summed E-state index contributed by atoms with van der Waals surface area (Å²) in [5.41, 5.74) is 9.76. The summed E-state index contributed by atoms with van der Waals surface area (Å²) in [7, 11) is 1.34. The maximum Gasteiger partial charge on any atom is 0.337 e. The van der Waals surface area contributed by atoms with Gasteiger partial charge in [-0.2, -0.15) is 10.4 Å². The normalized spacial score (nSPS) is 14.7. The molecule has 0 unspecified atom stereocenters. The average Bonchev–Trinajstić information content (AvgIpc) is 2.62. The van der Waals surface area contributed by atoms with Crippen molar-refractivity contribution < 1.29 is 9.53 Å². The topological polar surface area (TPSA) is 128 Å². The zero-order valence-corrected chi connectivity index (χ0v) is 13.5. The molecule has 1 aromatic rings. The van der Waals surface area contributed by atoms with E-state index in [-0.39, 0.29) is 5.71 Å². The van der Waals surface area contributed by atoms with E-state index in [0.717, 1.165) is 31.6 Å². The van der Waals surface area contributed by atoms with Gasteiger partial charge >= 0.3 is 5.97 Å². The minimum atomic E-state index is -0.412. The molecule has 8 heteroatoms. The minimum absolute atomic E-state index is 0.198. The largest absolute Gasteiger partial charge is 0.465 e. The third kappa shape index (κ3) is 4.01. The number of nitrogens with zero attached hydrogens (tertiary/aromatic N) is 3. The van der Waals surface area contributed by atoms with Crippen LogP contribution in [0.5, 0.6) is 0 Å². The molecule has 0 bridgehead atoms. The van der Waals surface area contributed by atoms with Crippen molar-refractivity contribution in [2.75, 3.05) is 30.5 Å². The van der Waals surface area contributed by atoms with E-state index in [4.69, 9.17) is 21.1 Å². The molecule has 1 aliphatic rings. The summed E-state index contributed by atoms with van der Waals surface area (Å²) in [6, 6.07) is 6.83. The number of ether oxygens (including phenoxy) is 1. The van der Waals surface area contributed by atoms with Crippen LogP contribution in [-0.2, 0) is 4.74 Å². The highest BCUT2D eigenvalue weighted by molar-refractivity contribution is 6.45. The van der Waals surface area contributed by atoms with E-state index in [9.17, 15) is 4.79 Å². The summed E-state index contributed by atoms with van der Waals surface area (Å²) in [6.07, 6.45) is 3.32. The first-order chi connectivity index (χ1) is 11.6. The van der Waals surface area contributed by atoms with Gasteiger partial charge in [0.2, 0.25) is 5.71 Å². The molecule has 0 saturated carbocycles. The summed E-state index contributed by atoms with van der Waals surface area (Å²) in [5, 5.41) is 20.1. The van der Waals surface area contributed by atoms with Crippen LogP contribution in [0.4, 0.5) is 11.4 Å². The van der Waals surface area contributed by atoms with Gasteiger partial charge < -0.3 is 15.4 Å². The van der Waals surface area contributed by atoms with Gasteiger partial charge in [-0.05, 0) is 37.5 Å². The van der Waals surface area contributed by atoms with Gasteiger partial charge in [0.15, 0.2) is 5.84 Å². The standard InChI is InChI=1S/C16H20N6O2/c1-24-16(23)11-5-6-12(20-21-13(10-17)15(18)19)14(9-11)22-7-3-2-4-8-22/h5-6,9,20H,2-4,7-8H2,1H3,(H3,18,19)/b21-13+. The number of carbonyl (C=O) groups is 1. The van der Waals surface area contributed by atoms with E-state index in [2.05, 4.69) is 15.4 Å². The van der Waals surface area contributed by atoms with Gasteiger partial charge in [0.1, 0.15) is 6.07 Å². The summed E-state index contributed by atoms with van der Waals surface area (Å²) in [4.78, 5) is 13.9. The SMILES string of the molecule is COC(=O)c1ccc(N/N=C(\C#N)C(=N)N)c(N2CCCCC2)c1. The van der Waals surface area contributed by atoms with Crippen molar-refractivity contribution in [3.05, 3.63) is 23.8 Å². The van der Waals surface area contributed by atoms with Crippen molar-refractivity contribution in [3.63, 3.8) is 0 Å². The highest BCUT2D eigenvalue weighted by Gasteiger charge is 2.17. The lowest BCUT2D eigenvalue weighted by Crippen LogP contribution is -2.30. The molecular weight excluding hydrogens is 308 g/mol. The maximum atomic E-state index is 11.8. The highest BCUT2D eigenvalue weighted by atomic mass is 16.5. The quantitative estimate of drug-likeness (QED) is 0.326. The Bertz CT molecular complexity index is 701. The molecule has 1 heterocycles. The predicted molar refractivity (Wildman–Crippen MR) is 92.4 cm³/mol. The van der Waals surface area contributed by atoms with Gasteiger partial charge in [-0.3, -0.25) is 10.8 Å². The Morgan fingerprint density at radius 1 is 1.42 bits per heavy atom. The molecule has 126 valence electrons. The molecular formula is C16H20N6O2. The fraction of sp³-hybridized carbons (Fsp3) is 0.375. The number of carbonyl (C=O) groups excluding carboxylic acids is 1. The van der Waals surface area contributed by atoms with E-state index < -0.39 is 11.8 Å². The summed E-state index contributed by atoms with van der Waals surface area (Å²) in [5.74, 6) is -0.819. The second kappa shape index (κ2) is 7.97. The Morgan fingerprint density at radius 2 is 2.12 bits per heavy atom. The smallest absolute Gasteiger partial charge is 0.337 e. The Morgan fingerprint density at radius 3 is 2.71 bits per heavy atom. The predicted octanol–water partition coefficient (Wildman–Crippen LogP) is 1.69. The fourth-order valence-corrected chi connectivity index (χ4v) is 2.53. The van der Waals surface area contributed by atoms with Gasteiger partial charge in [-0.1, -0.05) is 0 Å². The maximum absolute atomic E-state index is 11.8. The van der Waals surface area contributed by atoms with Crippen LogP contribution < -0.4 is 16.1 Å². The molecule has 0 aromatic heterocycles. The van der Waals surface area contributed by atoms with Crippen molar-refractivity contribution in [2.24, 2.45) is 10.8 Å². The van der Waals surface area contributed by atoms with E-state index in [1.807, 2.05) is 0 Å². The molecule has 1 aliphatic heterocycles. The van der Waals surface area contributed by atoms with Crippen LogP contribution in [0.15, 0.2) is 23.3 Å². The number of anilines is 2. The van der Waals surface area contributed by atoms with Crippen molar-refractivity contribution in [1.82, 2.24) is 0 Å². The Hall–Kier alpha value is -3.08. The highest BCUT2D eigenvalue weighted by Crippen LogP contribution is 2.30. The second-order valence-electron chi connectivity index (χ2n) is 5.37. The first-order valence-electron chi connectivity index (χ1n) is 7.62. The van der Waals surface area contributed by atoms with E-state index in [1.54, 1.807) is 24.3 Å². The number of hydrogen-bond acceptors (Lipinski definition) is 7. The van der Waals surface area contributed by atoms with Crippen LogP contribution in [0.1, 0.15) is 29.6 Å². The zero-order chi connectivity index (χ0) is 17.5. The second-order valence-corrected chi connectivity index (χ2v) is 5.37. The number of nitriles is 1. The number of hydrogen-bond donors (Lipinski definition) is 3. The van der Waals surface area contributed by atoms with Crippen LogP contribution in [0.2, 0.25) is 0 Å². The number of hydrazone groups is 1. The molecule has 0 atom stereocenters. The molecule has 0 amide bonds. The van der Waals surface area contributed by atoms with Crippen LogP contribution in [0.25, 0.3) is 0 Å². The van der Waals surface area contributed by atoms with Gasteiger partial charge in [0.25, 0.3) is 0 Å². The van der Waals surface area contributed by atoms with Gasteiger partial charge in [0, 0.05) is 13.1 Å². The number of esters is 1. The summed E-state index contributed by atoms with van der Waals surface area (Å²) in [6.45, 7) is 1.75. The van der Waals surface area contributed by atoms with Crippen molar-refractivity contribution >= 4 is 28.9 Å². The number of methoxy groups -OCH3 is 1. The fourth-order valence-electron chi connectivity index (χ4n) is 2.53. The summed E-state index contributed by atoms with van der Waals surface area (Å²) < 4.78 is 4.77. The lowest BCUT2D eigenvalue weighted by atomic mass is 10.1. The molecule has 4 N–H and O–H groups in total. The van der Waals surface area contributed by atoms with E-state index >= 15 is 0 Å². The van der Waals surface area contributed by atoms with Gasteiger partial charge in [0.05, 0.1) is 24.0 Å². The molecule has 0 spiro atoms. The molecule has 0 radical (unpaired) electrons. The van der Waals surface area contributed by atoms with Gasteiger partial charge in [-0.25, -0.2) is 4.79 Å². The number of rotatable bonds is 5. The zero-order valence-electron chi connectivity index (χ0n) is 13.5. The van der Waals surface area contributed by atoms with Crippen LogP contribution >= 0.6 is 0 Å². The van der Waals surface area contributed by atoms with Crippen molar-refractivity contribution in [2.45, 2.75) is 19.3 Å². The third-order valence-corrected chi connectivity index (χ3v) is 3.76. The number of piperidine rings is 1. The Labute approximate surface area is 140 Å². The van der Waals surface area contributed by atoms with E-state index in [0.29, 0.717) is 11.3 Å². The number of benzene rings is 1. The molecule has 1 aromatic carbocycles. The Balaban J connectivity index is 2.36. The van der Waals surface area contributed by atoms with Gasteiger partial charge in [-0.15, -0.1) is 0 Å². The molecule has 8 nitrogen and oxygen atoms in total. The summed E-state index contributed by atoms with van der Waals surface area (Å²) >= 11 is 0. The molecule has 2 rings (SSSR count). The minimum Gasteiger partial charge on any atom is -0.465 e. The number of nitrogens with two attached hydrogens (primary N) is 1. The van der Waals surface area contributed by atoms with Crippen molar-refractivity contribution in [1.29, 1.82) is 10.7 Å². The average molecular weight is 328 g/mol. The van der Waals surface area contributed by atoms with Crippen LogP contribution in [0, 0.1) is 16.7 Å². The number of amidine groups is 1. The third-order valence-electron chi connectivity index (χ3n) is 3.76. The lowest BCUT2D eigenvalue weighted by molar-refractivity contribution is 0.0601. The molecule has 1 fully saturated rings. The molecule has 24 heavy (non-hydrogen) atoms. The monoisotopic (exact) mass is 328 g/mol. The molecule has 0 aliphatic carbocycles. The first-order valence-corrected chi connectivity index (χ1v) is 7.62. The Kier molecular flexibility index (Phi) is 5.73. The van der Waals surface area contributed by atoms with E-state index in [1.165, 1.54) is 13.5 Å². The van der Waals surface area contributed by atoms with Crippen LogP contribution in [-0.4, -0.2) is 37.7 Å². The molecule has 1 saturated heterocycles. The first kappa shape index (κ1) is 17.3. The lowest BCUT2D eigenvalue weighted by Gasteiger charge is -2.30. The number of nitrogens with one attached hydrogen (secondary N) is 2. The van der Waals surface area contributed by atoms with Crippen LogP contribution in [0.3, 0.4) is 0 Å². The van der Waals surface area contributed by atoms with Crippen molar-refractivity contribution in [3.8, 4) is 6.07 Å².